The number of β-amino-alcohol motifs (C(OH)–C–C–N with tert-alkyl or cyclic N) is 1. The predicted molar refractivity (Wildman–Crippen MR) is 137 cm³/mol. The van der Waals surface area contributed by atoms with Crippen LogP contribution in [0.4, 0.5) is 21.9 Å². The fourth-order valence-electron chi connectivity index (χ4n) is 4.13. The number of piperazine rings is 1. The van der Waals surface area contributed by atoms with Crippen LogP contribution in [-0.2, 0) is 9.53 Å². The minimum atomic E-state index is -0.514. The van der Waals surface area contributed by atoms with Crippen molar-refractivity contribution in [1.29, 1.82) is 0 Å². The summed E-state index contributed by atoms with van der Waals surface area (Å²) >= 11 is 1.62. The normalized spacial score (nSPS) is 15.6. The lowest BCUT2D eigenvalue weighted by molar-refractivity contribution is -0.118. The van der Waals surface area contributed by atoms with Crippen molar-refractivity contribution in [3.63, 3.8) is 0 Å². The van der Waals surface area contributed by atoms with Gasteiger partial charge in [-0.3, -0.25) is 19.9 Å². The van der Waals surface area contributed by atoms with E-state index in [1.807, 2.05) is 42.5 Å². The zero-order chi connectivity index (χ0) is 23.2. The van der Waals surface area contributed by atoms with E-state index in [0.717, 1.165) is 47.3 Å². The molecule has 1 saturated heterocycles. The van der Waals surface area contributed by atoms with E-state index in [0.29, 0.717) is 31.8 Å². The number of carbonyl (C=O) groups excluding carboxylic acids is 2. The van der Waals surface area contributed by atoms with Gasteiger partial charge in [0.15, 0.2) is 0 Å². The summed E-state index contributed by atoms with van der Waals surface area (Å²) in [6, 6.07) is 13.5. The molecule has 1 fully saturated rings. The van der Waals surface area contributed by atoms with E-state index in [4.69, 9.17) is 9.84 Å². The first-order chi connectivity index (χ1) is 16.1. The summed E-state index contributed by atoms with van der Waals surface area (Å²) in [7, 11) is 0. The van der Waals surface area contributed by atoms with Crippen LogP contribution in [0, 0.1) is 0 Å². The molecule has 0 unspecified atom stereocenters. The molecule has 0 aliphatic carbocycles. The van der Waals surface area contributed by atoms with E-state index < -0.39 is 6.09 Å². The molecule has 0 atom stereocenters. The van der Waals surface area contributed by atoms with Gasteiger partial charge in [-0.15, -0.1) is 12.4 Å². The Balaban J connectivity index is 0.00000324. The molecule has 0 aromatic heterocycles. The molecule has 8 nitrogen and oxygen atoms in total. The van der Waals surface area contributed by atoms with Gasteiger partial charge in [0.05, 0.1) is 24.6 Å². The number of aliphatic hydroxyl groups excluding tert-OH is 1. The summed E-state index contributed by atoms with van der Waals surface area (Å²) in [5.41, 5.74) is 2.22. The number of amides is 2. The van der Waals surface area contributed by atoms with E-state index >= 15 is 0 Å². The van der Waals surface area contributed by atoms with Crippen LogP contribution in [0.3, 0.4) is 0 Å². The van der Waals surface area contributed by atoms with Gasteiger partial charge in [0, 0.05) is 61.2 Å². The number of hydrogen-bond donors (Lipinski definition) is 2. The van der Waals surface area contributed by atoms with Gasteiger partial charge >= 0.3 is 6.09 Å². The molecule has 0 bridgehead atoms. The SMILES string of the molecule is CCOC(=O)Nc1ccc2c(c1)N(C(=O)CCN1CCN(CCO)CC1)c1ccccc1S2.Cl. The molecule has 2 aromatic carbocycles. The molecule has 2 aliphatic heterocycles. The highest BCUT2D eigenvalue weighted by molar-refractivity contribution is 7.99. The third-order valence-corrected chi connectivity index (χ3v) is 6.95. The number of nitrogens with one attached hydrogen (secondary N) is 1. The standard InChI is InChI=1S/C24H30N4O4S.ClH/c1-2-32-24(31)25-18-7-8-22-20(17-18)28(19-5-3-4-6-21(19)33-22)23(30)9-10-26-11-13-27(14-12-26)15-16-29;/h3-8,17,29H,2,9-16H2,1H3,(H,25,31);1H. The number of nitrogens with zero attached hydrogens (tertiary/aromatic N) is 3. The van der Waals surface area contributed by atoms with Crippen LogP contribution in [0.5, 0.6) is 0 Å². The van der Waals surface area contributed by atoms with Crippen molar-refractivity contribution in [2.45, 2.75) is 23.1 Å². The topological polar surface area (TPSA) is 85.4 Å². The first-order valence-corrected chi connectivity index (χ1v) is 12.1. The zero-order valence-corrected chi connectivity index (χ0v) is 20.9. The number of ether oxygens (including phenoxy) is 1. The van der Waals surface area contributed by atoms with Crippen LogP contribution in [0.1, 0.15) is 13.3 Å². The fourth-order valence-corrected chi connectivity index (χ4v) is 5.17. The van der Waals surface area contributed by atoms with Gasteiger partial charge in [-0.25, -0.2) is 4.79 Å². The van der Waals surface area contributed by atoms with E-state index in [9.17, 15) is 9.59 Å². The van der Waals surface area contributed by atoms with Gasteiger partial charge in [-0.05, 0) is 37.3 Å². The van der Waals surface area contributed by atoms with Crippen molar-refractivity contribution in [2.24, 2.45) is 0 Å². The molecule has 4 rings (SSSR count). The van der Waals surface area contributed by atoms with Crippen LogP contribution in [0.25, 0.3) is 0 Å². The molecule has 10 heteroatoms. The number of carbonyl (C=O) groups is 2. The summed E-state index contributed by atoms with van der Waals surface area (Å²) in [5, 5.41) is 11.9. The number of anilines is 3. The van der Waals surface area contributed by atoms with E-state index in [1.54, 1.807) is 23.6 Å². The molecule has 0 spiro atoms. The number of halogens is 1. The van der Waals surface area contributed by atoms with Gasteiger partial charge in [-0.2, -0.15) is 0 Å². The first-order valence-electron chi connectivity index (χ1n) is 11.3. The second-order valence-electron chi connectivity index (χ2n) is 7.98. The maximum atomic E-state index is 13.5. The predicted octanol–water partition coefficient (Wildman–Crippen LogP) is 3.81. The number of rotatable bonds is 7. The van der Waals surface area contributed by atoms with Crippen molar-refractivity contribution in [3.05, 3.63) is 42.5 Å². The Morgan fingerprint density at radius 3 is 2.38 bits per heavy atom. The zero-order valence-electron chi connectivity index (χ0n) is 19.2. The number of para-hydroxylation sites is 1. The first kappa shape index (κ1) is 26.3. The summed E-state index contributed by atoms with van der Waals surface area (Å²) in [5.74, 6) is 0.0232. The van der Waals surface area contributed by atoms with Crippen LogP contribution >= 0.6 is 24.2 Å². The molecule has 184 valence electrons. The molecule has 0 saturated carbocycles. The van der Waals surface area contributed by atoms with E-state index in [1.165, 1.54) is 0 Å². The average molecular weight is 507 g/mol. The molecular weight excluding hydrogens is 476 g/mol. The lowest BCUT2D eigenvalue weighted by atomic mass is 10.1. The van der Waals surface area contributed by atoms with Gasteiger partial charge in [0.2, 0.25) is 5.91 Å². The molecule has 0 radical (unpaired) electrons. The number of hydrogen-bond acceptors (Lipinski definition) is 7. The number of fused-ring (bicyclic) bond motifs is 2. The van der Waals surface area contributed by atoms with Crippen LogP contribution in [0.2, 0.25) is 0 Å². The molecule has 2 N–H and O–H groups in total. The molecule has 2 amide bonds. The minimum absolute atomic E-state index is 0. The summed E-state index contributed by atoms with van der Waals surface area (Å²) in [6.45, 7) is 7.21. The second kappa shape index (κ2) is 12.4. The molecule has 2 aliphatic rings. The molecule has 2 aromatic rings. The third kappa shape index (κ3) is 6.22. The fraction of sp³-hybridized carbons (Fsp3) is 0.417. The Morgan fingerprint density at radius 1 is 1.00 bits per heavy atom. The number of aliphatic hydroxyl groups is 1. The van der Waals surface area contributed by atoms with Crippen molar-refractivity contribution < 1.29 is 19.4 Å². The summed E-state index contributed by atoms with van der Waals surface area (Å²) in [6.07, 6.45) is -0.118. The monoisotopic (exact) mass is 506 g/mol. The second-order valence-corrected chi connectivity index (χ2v) is 9.07. The maximum Gasteiger partial charge on any atom is 0.411 e. The van der Waals surface area contributed by atoms with Crippen molar-refractivity contribution in [3.8, 4) is 0 Å². The average Bonchev–Trinajstić information content (AvgIpc) is 2.82. The molecule has 34 heavy (non-hydrogen) atoms. The van der Waals surface area contributed by atoms with Crippen molar-refractivity contribution >= 4 is 53.2 Å². The summed E-state index contributed by atoms with van der Waals surface area (Å²) in [4.78, 5) is 33.7. The van der Waals surface area contributed by atoms with Gasteiger partial charge in [0.25, 0.3) is 0 Å². The maximum absolute atomic E-state index is 13.5. The molecule has 2 heterocycles. The highest BCUT2D eigenvalue weighted by Gasteiger charge is 2.29. The van der Waals surface area contributed by atoms with Crippen molar-refractivity contribution in [1.82, 2.24) is 9.80 Å². The van der Waals surface area contributed by atoms with Crippen LogP contribution < -0.4 is 10.2 Å². The third-order valence-electron chi connectivity index (χ3n) is 5.82. The number of benzene rings is 2. The lowest BCUT2D eigenvalue weighted by Gasteiger charge is -2.35. The van der Waals surface area contributed by atoms with Crippen LogP contribution in [-0.4, -0.2) is 79.4 Å². The Bertz CT molecular complexity index is 1000. The Kier molecular flexibility index (Phi) is 9.61. The van der Waals surface area contributed by atoms with Crippen LogP contribution in [0.15, 0.2) is 52.3 Å². The van der Waals surface area contributed by atoms with Gasteiger partial charge in [-0.1, -0.05) is 23.9 Å². The highest BCUT2D eigenvalue weighted by atomic mass is 35.5. The minimum Gasteiger partial charge on any atom is -0.450 e. The Labute approximate surface area is 210 Å². The lowest BCUT2D eigenvalue weighted by Crippen LogP contribution is -2.47. The smallest absolute Gasteiger partial charge is 0.411 e. The van der Waals surface area contributed by atoms with E-state index in [2.05, 4.69) is 15.1 Å². The largest absolute Gasteiger partial charge is 0.450 e. The van der Waals surface area contributed by atoms with E-state index in [-0.39, 0.29) is 24.9 Å². The Hall–Kier alpha value is -2.30. The quantitative estimate of drug-likeness (QED) is 0.590. The Morgan fingerprint density at radius 2 is 1.68 bits per heavy atom. The van der Waals surface area contributed by atoms with Crippen molar-refractivity contribution in [2.75, 3.05) is 62.7 Å². The summed E-state index contributed by atoms with van der Waals surface area (Å²) < 4.78 is 4.99. The van der Waals surface area contributed by atoms with Gasteiger partial charge < -0.3 is 14.7 Å². The van der Waals surface area contributed by atoms with Gasteiger partial charge in [0.1, 0.15) is 0 Å². The highest BCUT2D eigenvalue weighted by Crippen LogP contribution is 2.49. The molecular formula is C24H31ClN4O4S.